The van der Waals surface area contributed by atoms with Crippen molar-refractivity contribution in [3.05, 3.63) is 47.8 Å². The molecule has 1 aromatic carbocycles. The first-order chi connectivity index (χ1) is 14.0. The number of anilines is 1. The molecule has 6 heteroatoms. The third-order valence-corrected chi connectivity index (χ3v) is 6.04. The monoisotopic (exact) mass is 391 g/mol. The molecule has 0 saturated carbocycles. The van der Waals surface area contributed by atoms with Gasteiger partial charge in [-0.3, -0.25) is 4.79 Å². The van der Waals surface area contributed by atoms with Crippen LogP contribution in [0, 0.1) is 5.92 Å². The number of nitrogens with two attached hydrogens (primary N) is 1. The number of hydrogen-bond donors (Lipinski definition) is 1. The summed E-state index contributed by atoms with van der Waals surface area (Å²) >= 11 is 0. The summed E-state index contributed by atoms with van der Waals surface area (Å²) in [5.41, 5.74) is 10.4. The Morgan fingerprint density at radius 1 is 1.14 bits per heavy atom. The SMILES string of the molecule is CC1CC=C(c2cc(N3CCN(C)CC3)ccc2-c2nccc(C(N)=O)n2)CC1. The second kappa shape index (κ2) is 8.33. The fourth-order valence-electron chi connectivity index (χ4n) is 4.09. The van der Waals surface area contributed by atoms with Crippen molar-refractivity contribution in [1.29, 1.82) is 0 Å². The summed E-state index contributed by atoms with van der Waals surface area (Å²) in [4.78, 5) is 25.3. The van der Waals surface area contributed by atoms with Crippen molar-refractivity contribution in [3.8, 4) is 11.4 Å². The van der Waals surface area contributed by atoms with Crippen LogP contribution in [0.2, 0.25) is 0 Å². The zero-order chi connectivity index (χ0) is 20.4. The van der Waals surface area contributed by atoms with Crippen LogP contribution in [0.4, 0.5) is 5.69 Å². The largest absolute Gasteiger partial charge is 0.369 e. The quantitative estimate of drug-likeness (QED) is 0.866. The van der Waals surface area contributed by atoms with Crippen LogP contribution in [0.1, 0.15) is 42.2 Å². The Morgan fingerprint density at radius 3 is 2.62 bits per heavy atom. The fourth-order valence-corrected chi connectivity index (χ4v) is 4.09. The van der Waals surface area contributed by atoms with E-state index in [1.54, 1.807) is 12.3 Å². The smallest absolute Gasteiger partial charge is 0.267 e. The van der Waals surface area contributed by atoms with E-state index in [1.807, 2.05) is 0 Å². The highest BCUT2D eigenvalue weighted by Gasteiger charge is 2.20. The third-order valence-electron chi connectivity index (χ3n) is 6.04. The van der Waals surface area contributed by atoms with Gasteiger partial charge in [-0.15, -0.1) is 0 Å². The molecule has 1 amide bonds. The van der Waals surface area contributed by atoms with Crippen molar-refractivity contribution in [2.75, 3.05) is 38.1 Å². The van der Waals surface area contributed by atoms with Gasteiger partial charge in [0.15, 0.2) is 5.82 Å². The average Bonchev–Trinajstić information content (AvgIpc) is 2.74. The normalized spacial score (nSPS) is 20.4. The van der Waals surface area contributed by atoms with Crippen LogP contribution in [0.25, 0.3) is 17.0 Å². The highest BCUT2D eigenvalue weighted by atomic mass is 16.1. The molecule has 1 fully saturated rings. The lowest BCUT2D eigenvalue weighted by molar-refractivity contribution is 0.0995. The van der Waals surface area contributed by atoms with Gasteiger partial charge in [-0.25, -0.2) is 9.97 Å². The molecular formula is C23H29N5O. The Kier molecular flexibility index (Phi) is 5.62. The van der Waals surface area contributed by atoms with E-state index < -0.39 is 5.91 Å². The van der Waals surface area contributed by atoms with Gasteiger partial charge in [0, 0.05) is 43.6 Å². The van der Waals surface area contributed by atoms with E-state index in [4.69, 9.17) is 5.73 Å². The molecule has 1 unspecified atom stereocenters. The number of likely N-dealkylation sites (N-methyl/N-ethyl adjacent to an activating group) is 1. The van der Waals surface area contributed by atoms with E-state index in [2.05, 4.69) is 58.0 Å². The van der Waals surface area contributed by atoms with Gasteiger partial charge in [-0.2, -0.15) is 0 Å². The number of amides is 1. The number of primary amides is 1. The number of aromatic nitrogens is 2. The number of benzene rings is 1. The molecule has 2 heterocycles. The molecule has 1 saturated heterocycles. The molecule has 2 N–H and O–H groups in total. The van der Waals surface area contributed by atoms with Gasteiger partial charge in [-0.1, -0.05) is 13.0 Å². The molecule has 0 spiro atoms. The number of piperazine rings is 1. The minimum Gasteiger partial charge on any atom is -0.369 e. The first-order valence-electron chi connectivity index (χ1n) is 10.4. The van der Waals surface area contributed by atoms with Crippen LogP contribution in [-0.2, 0) is 0 Å². The van der Waals surface area contributed by atoms with E-state index in [0.717, 1.165) is 50.5 Å². The fraction of sp³-hybridized carbons (Fsp3) is 0.435. The molecule has 2 aromatic rings. The van der Waals surface area contributed by atoms with Gasteiger partial charge in [0.1, 0.15) is 5.69 Å². The minimum absolute atomic E-state index is 0.246. The number of nitrogens with zero attached hydrogens (tertiary/aromatic N) is 4. The Balaban J connectivity index is 1.76. The van der Waals surface area contributed by atoms with Gasteiger partial charge in [-0.05, 0) is 67.6 Å². The van der Waals surface area contributed by atoms with Gasteiger partial charge in [0.2, 0.25) is 0 Å². The highest BCUT2D eigenvalue weighted by Crippen LogP contribution is 2.37. The van der Waals surface area contributed by atoms with Crippen LogP contribution in [0.3, 0.4) is 0 Å². The van der Waals surface area contributed by atoms with E-state index in [9.17, 15) is 4.79 Å². The maximum absolute atomic E-state index is 11.6. The highest BCUT2D eigenvalue weighted by molar-refractivity contribution is 5.91. The first-order valence-corrected chi connectivity index (χ1v) is 10.4. The van der Waals surface area contributed by atoms with Gasteiger partial charge in [0.25, 0.3) is 5.91 Å². The van der Waals surface area contributed by atoms with Crippen molar-refractivity contribution in [1.82, 2.24) is 14.9 Å². The molecular weight excluding hydrogens is 362 g/mol. The van der Waals surface area contributed by atoms with Gasteiger partial charge < -0.3 is 15.5 Å². The number of hydrogen-bond acceptors (Lipinski definition) is 5. The van der Waals surface area contributed by atoms with Crippen LogP contribution in [0.15, 0.2) is 36.5 Å². The molecule has 1 aliphatic carbocycles. The molecule has 0 radical (unpaired) electrons. The molecule has 0 bridgehead atoms. The van der Waals surface area contributed by atoms with Gasteiger partial charge >= 0.3 is 0 Å². The molecule has 6 nitrogen and oxygen atoms in total. The standard InChI is InChI=1S/C23H29N5O/c1-16-3-5-17(6-4-16)20-15-18(28-13-11-27(2)12-14-28)7-8-19(20)23-25-10-9-21(26-23)22(24)29/h5,7-10,15-16H,3-4,6,11-14H2,1-2H3,(H2,24,29). The van der Waals surface area contributed by atoms with Crippen molar-refractivity contribution in [2.45, 2.75) is 26.2 Å². The van der Waals surface area contributed by atoms with Crippen molar-refractivity contribution in [3.63, 3.8) is 0 Å². The summed E-state index contributed by atoms with van der Waals surface area (Å²) < 4.78 is 0. The average molecular weight is 392 g/mol. The number of carbonyl (C=O) groups is 1. The molecule has 1 atom stereocenters. The molecule has 1 aromatic heterocycles. The predicted molar refractivity (Wildman–Crippen MR) is 117 cm³/mol. The number of allylic oxidation sites excluding steroid dienone is 2. The van der Waals surface area contributed by atoms with Crippen LogP contribution < -0.4 is 10.6 Å². The Labute approximate surface area is 172 Å². The lowest BCUT2D eigenvalue weighted by atomic mass is 9.85. The third kappa shape index (κ3) is 4.32. The summed E-state index contributed by atoms with van der Waals surface area (Å²) in [6.07, 6.45) is 7.30. The number of carbonyl (C=O) groups excluding carboxylic acids is 1. The second-order valence-corrected chi connectivity index (χ2v) is 8.26. The van der Waals surface area contributed by atoms with E-state index in [-0.39, 0.29) is 5.69 Å². The topological polar surface area (TPSA) is 75.3 Å². The summed E-state index contributed by atoms with van der Waals surface area (Å²) in [5, 5.41) is 0. The lowest BCUT2D eigenvalue weighted by Crippen LogP contribution is -2.44. The zero-order valence-electron chi connectivity index (χ0n) is 17.3. The zero-order valence-corrected chi connectivity index (χ0v) is 17.3. The molecule has 1 aliphatic heterocycles. The summed E-state index contributed by atoms with van der Waals surface area (Å²) in [6, 6.07) is 8.09. The second-order valence-electron chi connectivity index (χ2n) is 8.26. The van der Waals surface area contributed by atoms with Crippen LogP contribution in [0.5, 0.6) is 0 Å². The summed E-state index contributed by atoms with van der Waals surface area (Å²) in [6.45, 7) is 6.49. The maximum Gasteiger partial charge on any atom is 0.267 e. The van der Waals surface area contributed by atoms with Crippen LogP contribution >= 0.6 is 0 Å². The number of rotatable bonds is 4. The molecule has 4 rings (SSSR count). The molecule has 2 aliphatic rings. The molecule has 29 heavy (non-hydrogen) atoms. The minimum atomic E-state index is -0.532. The van der Waals surface area contributed by atoms with Crippen molar-refractivity contribution >= 4 is 17.2 Å². The Morgan fingerprint density at radius 2 is 1.93 bits per heavy atom. The lowest BCUT2D eigenvalue weighted by Gasteiger charge is -2.34. The van der Waals surface area contributed by atoms with Crippen LogP contribution in [-0.4, -0.2) is 54.0 Å². The predicted octanol–water partition coefficient (Wildman–Crippen LogP) is 3.20. The summed E-state index contributed by atoms with van der Waals surface area (Å²) in [7, 11) is 2.17. The maximum atomic E-state index is 11.6. The van der Waals surface area contributed by atoms with E-state index in [0.29, 0.717) is 5.82 Å². The van der Waals surface area contributed by atoms with Crippen molar-refractivity contribution < 1.29 is 4.79 Å². The van der Waals surface area contributed by atoms with Crippen molar-refractivity contribution in [2.24, 2.45) is 11.7 Å². The van der Waals surface area contributed by atoms with E-state index >= 15 is 0 Å². The Hall–Kier alpha value is -2.73. The summed E-state index contributed by atoms with van der Waals surface area (Å²) in [5.74, 6) is 0.744. The first kappa shape index (κ1) is 19.6. The van der Waals surface area contributed by atoms with Gasteiger partial charge in [0.05, 0.1) is 0 Å². The molecule has 152 valence electrons. The Bertz CT molecular complexity index is 931. The van der Waals surface area contributed by atoms with E-state index in [1.165, 1.54) is 23.2 Å².